The van der Waals surface area contributed by atoms with Crippen LogP contribution in [0.15, 0.2) is 0 Å². The summed E-state index contributed by atoms with van der Waals surface area (Å²) in [4.78, 5) is 27.3. The molecular formula is C38H74N2O6. The maximum Gasteiger partial charge on any atom is 0.224 e. The first-order valence-corrected chi connectivity index (χ1v) is 19.6. The van der Waals surface area contributed by atoms with Gasteiger partial charge in [-0.3, -0.25) is 9.59 Å². The van der Waals surface area contributed by atoms with E-state index in [0.717, 1.165) is 38.5 Å². The summed E-state index contributed by atoms with van der Waals surface area (Å²) in [6, 6.07) is -0.969. The normalized spacial score (nSPS) is 21.4. The van der Waals surface area contributed by atoms with Gasteiger partial charge in [0.25, 0.3) is 0 Å². The van der Waals surface area contributed by atoms with Crippen molar-refractivity contribution in [2.24, 2.45) is 0 Å². The summed E-state index contributed by atoms with van der Waals surface area (Å²) in [5.74, 6) is -0.438. The summed E-state index contributed by atoms with van der Waals surface area (Å²) in [6.07, 6.45) is 26.4. The van der Waals surface area contributed by atoms with Crippen LogP contribution in [0.1, 0.15) is 188 Å². The Bertz CT molecular complexity index is 738. The third-order valence-corrected chi connectivity index (χ3v) is 9.64. The molecule has 1 unspecified atom stereocenters. The molecule has 0 aromatic rings. The Hall–Kier alpha value is -1.22. The smallest absolute Gasteiger partial charge is 0.224 e. The van der Waals surface area contributed by atoms with Gasteiger partial charge in [-0.2, -0.15) is 0 Å². The fraction of sp³-hybridized carbons (Fsp3) is 0.947. The van der Waals surface area contributed by atoms with Crippen molar-refractivity contribution in [1.82, 2.24) is 10.2 Å². The topological polar surface area (TPSA) is 119 Å². The maximum absolute atomic E-state index is 13.6. The van der Waals surface area contributed by atoms with Gasteiger partial charge in [-0.05, 0) is 12.8 Å². The molecule has 46 heavy (non-hydrogen) atoms. The van der Waals surface area contributed by atoms with Gasteiger partial charge in [0, 0.05) is 19.9 Å². The number of nitrogens with one attached hydrogen (secondary N) is 1. The molecule has 1 rings (SSSR count). The summed E-state index contributed by atoms with van der Waals surface area (Å²) >= 11 is 0. The van der Waals surface area contributed by atoms with E-state index < -0.39 is 37.2 Å². The van der Waals surface area contributed by atoms with E-state index in [1.54, 1.807) is 4.90 Å². The highest BCUT2D eigenvalue weighted by Crippen LogP contribution is 2.26. The molecule has 0 bridgehead atoms. The second kappa shape index (κ2) is 28.8. The third-order valence-electron chi connectivity index (χ3n) is 9.64. The van der Waals surface area contributed by atoms with Gasteiger partial charge in [0.15, 0.2) is 6.23 Å². The van der Waals surface area contributed by atoms with Crippen molar-refractivity contribution in [2.75, 3.05) is 13.2 Å². The zero-order chi connectivity index (χ0) is 33.8. The Morgan fingerprint density at radius 1 is 0.609 bits per heavy atom. The van der Waals surface area contributed by atoms with Crippen molar-refractivity contribution in [3.8, 4) is 0 Å². The van der Waals surface area contributed by atoms with Gasteiger partial charge >= 0.3 is 0 Å². The van der Waals surface area contributed by atoms with Crippen molar-refractivity contribution in [2.45, 2.75) is 218 Å². The number of carbonyl (C=O) groups is 2. The highest BCUT2D eigenvalue weighted by molar-refractivity contribution is 5.77. The standard InChI is InChI=1S/C38H74N2O6/c1-4-6-8-10-12-14-16-17-18-19-20-21-23-25-27-29-34(43)40(30-28-26-24-22-15-13-11-9-7-5-2)38-35(39-32(3)42)37(45)36(44)33(31-41)46-38/h33,35-38,41,44-45H,4-31H2,1-3H3,(H,39,42)/t33-,35-,36-,37-,38?/m1/s1. The summed E-state index contributed by atoms with van der Waals surface area (Å²) in [5.41, 5.74) is 0. The summed E-state index contributed by atoms with van der Waals surface area (Å²) in [6.45, 7) is 5.81. The zero-order valence-electron chi connectivity index (χ0n) is 30.2. The van der Waals surface area contributed by atoms with Gasteiger partial charge in [-0.15, -0.1) is 0 Å². The summed E-state index contributed by atoms with van der Waals surface area (Å²) in [5, 5.41) is 33.9. The second-order valence-electron chi connectivity index (χ2n) is 13.9. The number of nitrogens with zero attached hydrogens (tertiary/aromatic N) is 1. The zero-order valence-corrected chi connectivity index (χ0v) is 30.2. The molecule has 1 aliphatic heterocycles. The molecule has 4 N–H and O–H groups in total. The molecule has 1 fully saturated rings. The van der Waals surface area contributed by atoms with Crippen LogP contribution in [0.25, 0.3) is 0 Å². The minimum Gasteiger partial charge on any atom is -0.394 e. The quantitative estimate of drug-likeness (QED) is 0.0584. The van der Waals surface area contributed by atoms with E-state index in [2.05, 4.69) is 19.2 Å². The van der Waals surface area contributed by atoms with Crippen LogP contribution in [0.4, 0.5) is 0 Å². The lowest BCUT2D eigenvalue weighted by Crippen LogP contribution is -2.68. The van der Waals surface area contributed by atoms with Gasteiger partial charge in [0.05, 0.1) is 6.61 Å². The lowest BCUT2D eigenvalue weighted by atomic mass is 9.94. The van der Waals surface area contributed by atoms with Gasteiger partial charge in [-0.25, -0.2) is 0 Å². The van der Waals surface area contributed by atoms with E-state index in [0.29, 0.717) is 13.0 Å². The molecule has 0 saturated carbocycles. The van der Waals surface area contributed by atoms with Gasteiger partial charge in [-0.1, -0.05) is 162 Å². The van der Waals surface area contributed by atoms with Gasteiger partial charge < -0.3 is 30.3 Å². The van der Waals surface area contributed by atoms with Crippen molar-refractivity contribution in [1.29, 1.82) is 0 Å². The van der Waals surface area contributed by atoms with E-state index >= 15 is 0 Å². The molecule has 0 spiro atoms. The highest BCUT2D eigenvalue weighted by Gasteiger charge is 2.47. The minimum absolute atomic E-state index is 0.0637. The third kappa shape index (κ3) is 19.6. The molecule has 1 saturated heterocycles. The molecule has 0 aliphatic carbocycles. The molecule has 8 nitrogen and oxygen atoms in total. The maximum atomic E-state index is 13.6. The number of aliphatic hydroxyl groups excluding tert-OH is 3. The molecule has 0 radical (unpaired) electrons. The Labute approximate surface area is 282 Å². The molecule has 2 amide bonds. The van der Waals surface area contributed by atoms with Crippen LogP contribution < -0.4 is 5.32 Å². The highest BCUT2D eigenvalue weighted by atomic mass is 16.5. The van der Waals surface area contributed by atoms with E-state index in [9.17, 15) is 24.9 Å². The number of unbranched alkanes of at least 4 members (excludes halogenated alkanes) is 23. The largest absolute Gasteiger partial charge is 0.394 e. The first-order valence-electron chi connectivity index (χ1n) is 19.6. The predicted molar refractivity (Wildman–Crippen MR) is 188 cm³/mol. The van der Waals surface area contributed by atoms with E-state index in [1.165, 1.54) is 129 Å². The number of aliphatic hydroxyl groups is 3. The minimum atomic E-state index is -1.36. The van der Waals surface area contributed by atoms with E-state index in [4.69, 9.17) is 4.74 Å². The Kier molecular flexibility index (Phi) is 26.8. The molecule has 8 heteroatoms. The van der Waals surface area contributed by atoms with Crippen molar-refractivity contribution < 1.29 is 29.6 Å². The molecule has 1 aliphatic rings. The van der Waals surface area contributed by atoms with Crippen LogP contribution in [0, 0.1) is 0 Å². The first-order chi connectivity index (χ1) is 22.4. The number of amides is 2. The molecular weight excluding hydrogens is 580 g/mol. The monoisotopic (exact) mass is 655 g/mol. The van der Waals surface area contributed by atoms with Gasteiger partial charge in [0.2, 0.25) is 11.8 Å². The Morgan fingerprint density at radius 3 is 1.39 bits per heavy atom. The summed E-state index contributed by atoms with van der Waals surface area (Å²) in [7, 11) is 0. The van der Waals surface area contributed by atoms with Crippen molar-refractivity contribution in [3.63, 3.8) is 0 Å². The number of hydrogen-bond acceptors (Lipinski definition) is 6. The average molecular weight is 655 g/mol. The van der Waals surface area contributed by atoms with Crippen LogP contribution in [-0.2, 0) is 14.3 Å². The van der Waals surface area contributed by atoms with E-state index in [1.807, 2.05) is 0 Å². The van der Waals surface area contributed by atoms with Crippen LogP contribution >= 0.6 is 0 Å². The number of rotatable bonds is 30. The molecule has 272 valence electrons. The van der Waals surface area contributed by atoms with Crippen molar-refractivity contribution >= 4 is 11.8 Å². The average Bonchev–Trinajstić information content (AvgIpc) is 3.04. The van der Waals surface area contributed by atoms with E-state index in [-0.39, 0.29) is 11.8 Å². The van der Waals surface area contributed by atoms with Gasteiger partial charge in [0.1, 0.15) is 24.4 Å². The SMILES string of the molecule is CCCCCCCCCCCCCCCCCC(=O)N(CCCCCCCCCCCC)C1O[C@H](CO)[C@@H](O)[C@H](O)[C@H]1NC(C)=O. The van der Waals surface area contributed by atoms with Crippen LogP contribution in [0.2, 0.25) is 0 Å². The Morgan fingerprint density at radius 2 is 1.00 bits per heavy atom. The molecule has 0 aromatic heterocycles. The van der Waals surface area contributed by atoms with Crippen LogP contribution in [0.3, 0.4) is 0 Å². The number of hydrogen-bond donors (Lipinski definition) is 4. The first kappa shape index (κ1) is 42.8. The lowest BCUT2D eigenvalue weighted by molar-refractivity contribution is -0.231. The fourth-order valence-electron chi connectivity index (χ4n) is 6.71. The fourth-order valence-corrected chi connectivity index (χ4v) is 6.71. The number of carbonyl (C=O) groups excluding carboxylic acids is 2. The van der Waals surface area contributed by atoms with Crippen molar-refractivity contribution in [3.05, 3.63) is 0 Å². The molecule has 0 aromatic carbocycles. The van der Waals surface area contributed by atoms with Crippen LogP contribution in [0.5, 0.6) is 0 Å². The summed E-state index contributed by atoms with van der Waals surface area (Å²) < 4.78 is 6.02. The van der Waals surface area contributed by atoms with Crippen LogP contribution in [-0.4, -0.2) is 75.8 Å². The lowest BCUT2D eigenvalue weighted by Gasteiger charge is -2.46. The predicted octanol–water partition coefficient (Wildman–Crippen LogP) is 7.94. The Balaban J connectivity index is 2.51. The molecule has 5 atom stereocenters. The second-order valence-corrected chi connectivity index (χ2v) is 13.9. The number of ether oxygens (including phenoxy) is 1. The molecule has 1 heterocycles.